The fraction of sp³-hybridized carbons (Fsp3) is 0.533. The lowest BCUT2D eigenvalue weighted by atomic mass is 9.86. The van der Waals surface area contributed by atoms with Gasteiger partial charge in [-0.2, -0.15) is 0 Å². The van der Waals surface area contributed by atoms with Crippen LogP contribution in [0.25, 0.3) is 0 Å². The zero-order chi connectivity index (χ0) is 12.4. The van der Waals surface area contributed by atoms with Gasteiger partial charge in [-0.3, -0.25) is 4.79 Å². The molecule has 0 amide bonds. The highest BCUT2D eigenvalue weighted by Crippen LogP contribution is 2.31. The van der Waals surface area contributed by atoms with E-state index in [-0.39, 0.29) is 5.78 Å². The Labute approximate surface area is 104 Å². The predicted molar refractivity (Wildman–Crippen MR) is 70.5 cm³/mol. The second-order valence-corrected chi connectivity index (χ2v) is 5.28. The number of hydrogen-bond acceptors (Lipinski definition) is 2. The van der Waals surface area contributed by atoms with Gasteiger partial charge in [-0.1, -0.05) is 25.1 Å². The van der Waals surface area contributed by atoms with Crippen LogP contribution in [0.2, 0.25) is 0 Å². The summed E-state index contributed by atoms with van der Waals surface area (Å²) >= 11 is 0. The van der Waals surface area contributed by atoms with Crippen LogP contribution in [0.1, 0.15) is 42.1 Å². The summed E-state index contributed by atoms with van der Waals surface area (Å²) in [7, 11) is 2.18. The van der Waals surface area contributed by atoms with Gasteiger partial charge in [-0.05, 0) is 50.4 Å². The van der Waals surface area contributed by atoms with Crippen LogP contribution in [0.5, 0.6) is 0 Å². The average Bonchev–Trinajstić information content (AvgIpc) is 2.75. The summed E-state index contributed by atoms with van der Waals surface area (Å²) < 4.78 is 0. The Kier molecular flexibility index (Phi) is 3.63. The summed E-state index contributed by atoms with van der Waals surface area (Å²) in [6.07, 6.45) is 1.27. The van der Waals surface area contributed by atoms with Gasteiger partial charge in [0.15, 0.2) is 5.78 Å². The molecule has 0 spiro atoms. The Balaban J connectivity index is 2.16. The molecular formula is C15H21NO. The zero-order valence-corrected chi connectivity index (χ0v) is 10.9. The highest BCUT2D eigenvalue weighted by molar-refractivity contribution is 5.94. The second kappa shape index (κ2) is 5.01. The standard InChI is InChI=1S/C15H21NO/c1-11(15-7-8-16(3)10-15)13-5-4-6-14(9-13)12(2)17/h4-6,9,11,15H,7-8,10H2,1-3H3. The third kappa shape index (κ3) is 2.75. The quantitative estimate of drug-likeness (QED) is 0.745. The van der Waals surface area contributed by atoms with Gasteiger partial charge < -0.3 is 4.90 Å². The van der Waals surface area contributed by atoms with E-state index in [1.54, 1.807) is 6.92 Å². The Hall–Kier alpha value is -1.15. The van der Waals surface area contributed by atoms with Gasteiger partial charge >= 0.3 is 0 Å². The van der Waals surface area contributed by atoms with Crippen LogP contribution in [0, 0.1) is 5.92 Å². The summed E-state index contributed by atoms with van der Waals surface area (Å²) in [5.41, 5.74) is 2.14. The molecule has 1 fully saturated rings. The molecule has 1 aromatic rings. The van der Waals surface area contributed by atoms with Gasteiger partial charge in [-0.15, -0.1) is 0 Å². The van der Waals surface area contributed by atoms with Crippen LogP contribution in [0.15, 0.2) is 24.3 Å². The molecule has 2 atom stereocenters. The van der Waals surface area contributed by atoms with Gasteiger partial charge in [0, 0.05) is 12.1 Å². The molecule has 0 radical (unpaired) electrons. The molecule has 2 rings (SSSR count). The monoisotopic (exact) mass is 231 g/mol. The minimum atomic E-state index is 0.155. The van der Waals surface area contributed by atoms with Crippen molar-refractivity contribution in [3.63, 3.8) is 0 Å². The summed E-state index contributed by atoms with van der Waals surface area (Å²) in [6, 6.07) is 8.11. The van der Waals surface area contributed by atoms with Crippen LogP contribution in [-0.4, -0.2) is 30.8 Å². The van der Waals surface area contributed by atoms with Crippen LogP contribution in [0.3, 0.4) is 0 Å². The van der Waals surface area contributed by atoms with Crippen LogP contribution in [-0.2, 0) is 0 Å². The number of nitrogens with zero attached hydrogens (tertiary/aromatic N) is 1. The van der Waals surface area contributed by atoms with E-state index in [2.05, 4.69) is 31.0 Å². The van der Waals surface area contributed by atoms with Crippen molar-refractivity contribution in [1.82, 2.24) is 4.90 Å². The Morgan fingerprint density at radius 2 is 2.24 bits per heavy atom. The maximum atomic E-state index is 11.4. The molecule has 1 saturated heterocycles. The molecule has 0 N–H and O–H groups in total. The molecule has 17 heavy (non-hydrogen) atoms. The highest BCUT2D eigenvalue weighted by Gasteiger charge is 2.25. The van der Waals surface area contributed by atoms with Crippen molar-refractivity contribution < 1.29 is 4.79 Å². The average molecular weight is 231 g/mol. The summed E-state index contributed by atoms with van der Waals surface area (Å²) in [5, 5.41) is 0. The topological polar surface area (TPSA) is 20.3 Å². The zero-order valence-electron chi connectivity index (χ0n) is 10.9. The SMILES string of the molecule is CC(=O)c1cccc(C(C)C2CCN(C)C2)c1. The number of Topliss-reactive ketones (excluding diaryl/α,β-unsaturated/α-hetero) is 1. The van der Waals surface area contributed by atoms with Crippen molar-refractivity contribution in [3.8, 4) is 0 Å². The number of hydrogen-bond donors (Lipinski definition) is 0. The van der Waals surface area contributed by atoms with Gasteiger partial charge in [0.05, 0.1) is 0 Å². The number of rotatable bonds is 3. The normalized spacial score (nSPS) is 22.6. The maximum Gasteiger partial charge on any atom is 0.159 e. The smallest absolute Gasteiger partial charge is 0.159 e. The lowest BCUT2D eigenvalue weighted by Gasteiger charge is -2.20. The van der Waals surface area contributed by atoms with E-state index in [1.165, 1.54) is 25.1 Å². The first kappa shape index (κ1) is 12.3. The van der Waals surface area contributed by atoms with Crippen molar-refractivity contribution in [2.24, 2.45) is 5.92 Å². The largest absolute Gasteiger partial charge is 0.306 e. The maximum absolute atomic E-state index is 11.4. The first-order chi connectivity index (χ1) is 8.08. The molecule has 0 aliphatic carbocycles. The molecule has 1 aliphatic rings. The van der Waals surface area contributed by atoms with Crippen LogP contribution in [0.4, 0.5) is 0 Å². The van der Waals surface area contributed by atoms with Gasteiger partial charge in [0.2, 0.25) is 0 Å². The number of benzene rings is 1. The number of likely N-dealkylation sites (tertiary alicyclic amines) is 1. The summed E-state index contributed by atoms with van der Waals surface area (Å²) in [4.78, 5) is 13.8. The lowest BCUT2D eigenvalue weighted by molar-refractivity contribution is 0.101. The van der Waals surface area contributed by atoms with E-state index in [4.69, 9.17) is 0 Å². The van der Waals surface area contributed by atoms with E-state index >= 15 is 0 Å². The fourth-order valence-corrected chi connectivity index (χ4v) is 2.69. The van der Waals surface area contributed by atoms with Gasteiger partial charge in [-0.25, -0.2) is 0 Å². The first-order valence-corrected chi connectivity index (χ1v) is 6.37. The van der Waals surface area contributed by atoms with Crippen molar-refractivity contribution >= 4 is 5.78 Å². The summed E-state index contributed by atoms with van der Waals surface area (Å²) in [6.45, 7) is 6.28. The van der Waals surface area contributed by atoms with E-state index in [1.807, 2.05) is 12.1 Å². The second-order valence-electron chi connectivity index (χ2n) is 5.28. The molecule has 1 aromatic carbocycles. The van der Waals surface area contributed by atoms with E-state index in [0.29, 0.717) is 5.92 Å². The third-order valence-electron chi connectivity index (χ3n) is 3.95. The molecule has 0 aromatic heterocycles. The van der Waals surface area contributed by atoms with Crippen molar-refractivity contribution in [2.45, 2.75) is 26.2 Å². The molecule has 0 bridgehead atoms. The Morgan fingerprint density at radius 1 is 1.47 bits per heavy atom. The van der Waals surface area contributed by atoms with Crippen molar-refractivity contribution in [1.29, 1.82) is 0 Å². The van der Waals surface area contributed by atoms with Gasteiger partial charge in [0.25, 0.3) is 0 Å². The number of carbonyl (C=O) groups excluding carboxylic acids is 1. The molecule has 2 unspecified atom stereocenters. The highest BCUT2D eigenvalue weighted by atomic mass is 16.1. The predicted octanol–water partition coefficient (Wildman–Crippen LogP) is 2.94. The van der Waals surface area contributed by atoms with Crippen molar-refractivity contribution in [3.05, 3.63) is 35.4 Å². The third-order valence-corrected chi connectivity index (χ3v) is 3.95. The molecule has 92 valence electrons. The van der Waals surface area contributed by atoms with E-state index in [9.17, 15) is 4.79 Å². The van der Waals surface area contributed by atoms with Crippen LogP contribution < -0.4 is 0 Å². The minimum absolute atomic E-state index is 0.155. The summed E-state index contributed by atoms with van der Waals surface area (Å²) in [5.74, 6) is 1.42. The lowest BCUT2D eigenvalue weighted by Crippen LogP contribution is -2.17. The molecule has 0 saturated carbocycles. The van der Waals surface area contributed by atoms with E-state index < -0.39 is 0 Å². The van der Waals surface area contributed by atoms with E-state index in [0.717, 1.165) is 11.5 Å². The number of ketones is 1. The molecule has 2 nitrogen and oxygen atoms in total. The molecule has 1 aliphatic heterocycles. The number of carbonyl (C=O) groups is 1. The fourth-order valence-electron chi connectivity index (χ4n) is 2.69. The first-order valence-electron chi connectivity index (χ1n) is 6.37. The van der Waals surface area contributed by atoms with Gasteiger partial charge in [0.1, 0.15) is 0 Å². The Bertz CT molecular complexity index is 413. The van der Waals surface area contributed by atoms with Crippen LogP contribution >= 0.6 is 0 Å². The molecule has 2 heteroatoms. The molecule has 1 heterocycles. The Morgan fingerprint density at radius 3 is 2.82 bits per heavy atom. The van der Waals surface area contributed by atoms with Crippen molar-refractivity contribution in [2.75, 3.05) is 20.1 Å². The molecular weight excluding hydrogens is 210 g/mol. The minimum Gasteiger partial charge on any atom is -0.306 e.